The molecule has 1 aliphatic rings. The number of aliphatic hydroxyl groups excluding tert-OH is 1. The molecule has 1 aliphatic heterocycles. The highest BCUT2D eigenvalue weighted by molar-refractivity contribution is 5.92. The van der Waals surface area contributed by atoms with Crippen LogP contribution in [0.4, 0.5) is 13.2 Å². The lowest BCUT2D eigenvalue weighted by molar-refractivity contribution is -0.140. The van der Waals surface area contributed by atoms with Gasteiger partial charge in [0.1, 0.15) is 17.6 Å². The van der Waals surface area contributed by atoms with Gasteiger partial charge in [0.05, 0.1) is 23.9 Å². The normalized spacial score (nSPS) is 19.0. The van der Waals surface area contributed by atoms with Crippen molar-refractivity contribution in [3.8, 4) is 0 Å². The van der Waals surface area contributed by atoms with Crippen LogP contribution in [0, 0.1) is 5.41 Å². The summed E-state index contributed by atoms with van der Waals surface area (Å²) < 4.78 is 38.4. The summed E-state index contributed by atoms with van der Waals surface area (Å²) in [4.78, 5) is 48.1. The number of hydrogen-bond donors (Lipinski definition) is 3. The van der Waals surface area contributed by atoms with E-state index in [2.05, 4.69) is 15.3 Å². The fourth-order valence-electron chi connectivity index (χ4n) is 4.30. The summed E-state index contributed by atoms with van der Waals surface area (Å²) in [7, 11) is 1.51. The zero-order chi connectivity index (χ0) is 27.7. The highest BCUT2D eigenvalue weighted by Gasteiger charge is 2.43. The first-order valence-electron chi connectivity index (χ1n) is 11.8. The second-order valence-corrected chi connectivity index (χ2v) is 10.4. The number of alkyl halides is 3. The first-order valence-corrected chi connectivity index (χ1v) is 11.8. The van der Waals surface area contributed by atoms with E-state index in [1.165, 1.54) is 42.1 Å². The van der Waals surface area contributed by atoms with Crippen LogP contribution in [0.2, 0.25) is 0 Å². The largest absolute Gasteiger partial charge is 0.416 e. The van der Waals surface area contributed by atoms with E-state index in [0.717, 1.165) is 12.1 Å². The molecule has 1 fully saturated rings. The summed E-state index contributed by atoms with van der Waals surface area (Å²) in [6.45, 7) is 6.92. The molecule has 0 spiro atoms. The maximum Gasteiger partial charge on any atom is 0.416 e. The molecule has 3 N–H and O–H groups in total. The first kappa shape index (κ1) is 28.2. The number of likely N-dealkylation sites (tertiary alicyclic amines) is 1. The minimum Gasteiger partial charge on any atom is -0.391 e. The fraction of sp³-hybridized carbons (Fsp3) is 0.520. The Hall–Kier alpha value is -3.41. The Bertz CT molecular complexity index is 1140. The molecule has 0 saturated carbocycles. The number of carbonyl (C=O) groups excluding carboxylic acids is 3. The van der Waals surface area contributed by atoms with E-state index >= 15 is 0 Å². The molecule has 1 saturated heterocycles. The van der Waals surface area contributed by atoms with Gasteiger partial charge in [-0.25, -0.2) is 4.98 Å². The van der Waals surface area contributed by atoms with Gasteiger partial charge in [0.2, 0.25) is 11.8 Å². The zero-order valence-corrected chi connectivity index (χ0v) is 21.4. The number of nitrogens with one attached hydrogen (secondary N) is 2. The van der Waals surface area contributed by atoms with E-state index in [9.17, 15) is 32.7 Å². The van der Waals surface area contributed by atoms with Crippen molar-refractivity contribution in [2.24, 2.45) is 5.41 Å². The van der Waals surface area contributed by atoms with Crippen LogP contribution in [-0.2, 0) is 22.3 Å². The second kappa shape index (κ2) is 10.5. The van der Waals surface area contributed by atoms with Gasteiger partial charge in [0.15, 0.2) is 0 Å². The lowest BCUT2D eigenvalue weighted by Gasteiger charge is -2.35. The van der Waals surface area contributed by atoms with Crippen molar-refractivity contribution in [1.82, 2.24) is 25.1 Å². The van der Waals surface area contributed by atoms with E-state index in [1.807, 2.05) is 20.8 Å². The van der Waals surface area contributed by atoms with Crippen LogP contribution in [0.1, 0.15) is 67.6 Å². The van der Waals surface area contributed by atoms with E-state index in [-0.39, 0.29) is 37.0 Å². The van der Waals surface area contributed by atoms with Crippen LogP contribution in [-0.4, -0.2) is 68.3 Å². The molecular weight excluding hydrogens is 491 g/mol. The first-order chi connectivity index (χ1) is 17.1. The maximum atomic E-state index is 13.4. The number of carbonyl (C=O) groups is 3. The van der Waals surface area contributed by atoms with Crippen molar-refractivity contribution in [2.75, 3.05) is 13.6 Å². The van der Waals surface area contributed by atoms with Crippen molar-refractivity contribution in [1.29, 1.82) is 0 Å². The Kier molecular flexibility index (Phi) is 8.01. The molecule has 2 heterocycles. The maximum absolute atomic E-state index is 13.4. The molecule has 3 amide bonds. The van der Waals surface area contributed by atoms with Crippen LogP contribution < -0.4 is 5.32 Å². The molecule has 1 aromatic heterocycles. The summed E-state index contributed by atoms with van der Waals surface area (Å²) in [5.41, 5.74) is -0.710. The summed E-state index contributed by atoms with van der Waals surface area (Å²) in [6, 6.07) is 3.09. The molecule has 37 heavy (non-hydrogen) atoms. The van der Waals surface area contributed by atoms with Gasteiger partial charge in [-0.05, 0) is 23.1 Å². The lowest BCUT2D eigenvalue weighted by Crippen LogP contribution is -2.54. The fourth-order valence-corrected chi connectivity index (χ4v) is 4.30. The van der Waals surface area contributed by atoms with Crippen LogP contribution >= 0.6 is 0 Å². The summed E-state index contributed by atoms with van der Waals surface area (Å²) >= 11 is 0. The van der Waals surface area contributed by atoms with Crippen molar-refractivity contribution >= 4 is 17.7 Å². The molecule has 0 aliphatic carbocycles. The molecular formula is C25H32F3N5O4. The lowest BCUT2D eigenvalue weighted by atomic mass is 9.85. The average molecular weight is 524 g/mol. The quantitative estimate of drug-likeness (QED) is 0.538. The SMILES string of the molecule is CC(=O)N[C@H](C(=O)N1C[C@H](O)C[C@H]1c1ncc(C(=O)N(C)Cc2ccc(C(F)(F)F)cc2)[nH]1)C(C)(C)C. The Labute approximate surface area is 213 Å². The van der Waals surface area contributed by atoms with Crippen LogP contribution in [0.15, 0.2) is 30.5 Å². The topological polar surface area (TPSA) is 119 Å². The number of halogens is 3. The zero-order valence-electron chi connectivity index (χ0n) is 21.4. The van der Waals surface area contributed by atoms with Crippen LogP contribution in [0.25, 0.3) is 0 Å². The molecule has 0 radical (unpaired) electrons. The molecule has 2 aromatic rings. The minimum absolute atomic E-state index is 0.0491. The summed E-state index contributed by atoms with van der Waals surface area (Å²) in [6.07, 6.45) is -3.72. The number of benzene rings is 1. The van der Waals surface area contributed by atoms with Crippen LogP contribution in [0.5, 0.6) is 0 Å². The second-order valence-electron chi connectivity index (χ2n) is 10.4. The average Bonchev–Trinajstić information content (AvgIpc) is 3.42. The number of hydrogen-bond acceptors (Lipinski definition) is 5. The predicted octanol–water partition coefficient (Wildman–Crippen LogP) is 2.89. The Morgan fingerprint density at radius 3 is 2.38 bits per heavy atom. The standard InChI is InChI=1S/C25H32F3N5O4/c1-14(34)30-20(24(2,3)4)23(37)33-13-17(35)10-19(33)21-29-11-18(31-21)22(36)32(5)12-15-6-8-16(9-7-15)25(26,27)28/h6-9,11,17,19-20,35H,10,12-13H2,1-5H3,(H,29,31)(H,30,34)/t17-,19+,20-/m1/s1. The van der Waals surface area contributed by atoms with Crippen molar-refractivity contribution < 1.29 is 32.7 Å². The van der Waals surface area contributed by atoms with Gasteiger partial charge in [0, 0.05) is 33.5 Å². The van der Waals surface area contributed by atoms with Crippen molar-refractivity contribution in [3.05, 3.63) is 53.1 Å². The van der Waals surface area contributed by atoms with Gasteiger partial charge in [0.25, 0.3) is 5.91 Å². The number of H-pyrrole nitrogens is 1. The summed E-state index contributed by atoms with van der Waals surface area (Å²) in [5.74, 6) is -0.855. The van der Waals surface area contributed by atoms with Gasteiger partial charge in [-0.2, -0.15) is 13.2 Å². The minimum atomic E-state index is -4.44. The third kappa shape index (κ3) is 6.68. The van der Waals surface area contributed by atoms with E-state index < -0.39 is 41.2 Å². The smallest absolute Gasteiger partial charge is 0.391 e. The molecule has 1 aromatic carbocycles. The van der Waals surface area contributed by atoms with Gasteiger partial charge < -0.3 is 25.2 Å². The number of rotatable bonds is 6. The third-order valence-electron chi connectivity index (χ3n) is 6.21. The molecule has 3 rings (SSSR count). The summed E-state index contributed by atoms with van der Waals surface area (Å²) in [5, 5.41) is 13.0. The van der Waals surface area contributed by atoms with E-state index in [4.69, 9.17) is 0 Å². The third-order valence-corrected chi connectivity index (χ3v) is 6.21. The van der Waals surface area contributed by atoms with E-state index in [0.29, 0.717) is 11.4 Å². The van der Waals surface area contributed by atoms with Gasteiger partial charge in [-0.3, -0.25) is 14.4 Å². The van der Waals surface area contributed by atoms with Gasteiger partial charge in [-0.15, -0.1) is 0 Å². The molecule has 9 nitrogen and oxygen atoms in total. The number of nitrogens with zero attached hydrogens (tertiary/aromatic N) is 3. The Morgan fingerprint density at radius 2 is 1.84 bits per heavy atom. The monoisotopic (exact) mass is 523 g/mol. The van der Waals surface area contributed by atoms with Crippen molar-refractivity contribution in [2.45, 2.75) is 65.0 Å². The predicted molar refractivity (Wildman–Crippen MR) is 128 cm³/mol. The number of imidazole rings is 1. The van der Waals surface area contributed by atoms with Crippen LogP contribution in [0.3, 0.4) is 0 Å². The van der Waals surface area contributed by atoms with Gasteiger partial charge in [-0.1, -0.05) is 32.9 Å². The van der Waals surface area contributed by atoms with Gasteiger partial charge >= 0.3 is 6.18 Å². The molecule has 3 atom stereocenters. The van der Waals surface area contributed by atoms with Crippen molar-refractivity contribution in [3.63, 3.8) is 0 Å². The Morgan fingerprint density at radius 1 is 1.22 bits per heavy atom. The highest BCUT2D eigenvalue weighted by atomic mass is 19.4. The molecule has 12 heteroatoms. The number of aromatic nitrogens is 2. The number of aromatic amines is 1. The number of aliphatic hydroxyl groups is 1. The molecule has 0 bridgehead atoms. The molecule has 0 unspecified atom stereocenters. The van der Waals surface area contributed by atoms with E-state index in [1.54, 1.807) is 0 Å². The number of amides is 3. The number of β-amino-alcohol motifs (C(OH)–C–C–N with tert-alkyl or cyclic N) is 1. The highest BCUT2D eigenvalue weighted by Crippen LogP contribution is 2.34. The Balaban J connectivity index is 1.75. The molecule has 202 valence electrons.